The Bertz CT molecular complexity index is 776. The number of sulfonamides is 1. The van der Waals surface area contributed by atoms with Gasteiger partial charge < -0.3 is 4.74 Å². The molecule has 0 fully saturated rings. The second kappa shape index (κ2) is 6.54. The van der Waals surface area contributed by atoms with Crippen LogP contribution in [0.25, 0.3) is 0 Å². The van der Waals surface area contributed by atoms with Gasteiger partial charge in [-0.2, -0.15) is 0 Å². The van der Waals surface area contributed by atoms with Crippen LogP contribution < -0.4 is 10.5 Å². The van der Waals surface area contributed by atoms with Gasteiger partial charge in [-0.25, -0.2) is 23.3 Å². The van der Waals surface area contributed by atoms with Crippen LogP contribution in [0.2, 0.25) is 0 Å². The average Bonchev–Trinajstić information content (AvgIpc) is 2.45. The van der Waals surface area contributed by atoms with Crippen molar-refractivity contribution < 1.29 is 17.9 Å². The highest BCUT2D eigenvalue weighted by atomic mass is 32.2. The van der Waals surface area contributed by atoms with Crippen LogP contribution in [0.4, 0.5) is 10.6 Å². The van der Waals surface area contributed by atoms with Crippen molar-refractivity contribution in [2.24, 2.45) is 5.14 Å². The molecule has 0 spiro atoms. The molecule has 0 aliphatic carbocycles. The summed E-state index contributed by atoms with van der Waals surface area (Å²) in [6, 6.07) is 11.8. The van der Waals surface area contributed by atoms with Gasteiger partial charge in [0.2, 0.25) is 10.0 Å². The van der Waals surface area contributed by atoms with Crippen LogP contribution in [0.1, 0.15) is 11.3 Å². The topological polar surface area (TPSA) is 111 Å². The molecule has 0 radical (unpaired) electrons. The van der Waals surface area contributed by atoms with E-state index in [1.165, 1.54) is 12.1 Å². The third-order valence-electron chi connectivity index (χ3n) is 2.74. The summed E-state index contributed by atoms with van der Waals surface area (Å²) in [4.78, 5) is 15.5. The second-order valence-electron chi connectivity index (χ2n) is 4.53. The van der Waals surface area contributed by atoms with E-state index >= 15 is 0 Å². The predicted molar refractivity (Wildman–Crippen MR) is 80.6 cm³/mol. The van der Waals surface area contributed by atoms with Gasteiger partial charge in [-0.1, -0.05) is 30.3 Å². The maximum absolute atomic E-state index is 11.8. The van der Waals surface area contributed by atoms with Crippen LogP contribution in [0.5, 0.6) is 0 Å². The smallest absolute Gasteiger partial charge is 0.413 e. The van der Waals surface area contributed by atoms with Gasteiger partial charge in [0.25, 0.3) is 0 Å². The number of hydrogen-bond donors (Lipinski definition) is 2. The fourth-order valence-corrected chi connectivity index (χ4v) is 2.34. The molecule has 1 amide bonds. The van der Waals surface area contributed by atoms with Crippen LogP contribution in [0.15, 0.2) is 47.4 Å². The molecule has 8 heteroatoms. The Hall–Kier alpha value is -2.45. The summed E-state index contributed by atoms with van der Waals surface area (Å²) < 4.78 is 28.0. The van der Waals surface area contributed by atoms with Crippen molar-refractivity contribution in [2.75, 3.05) is 5.32 Å². The van der Waals surface area contributed by atoms with Gasteiger partial charge >= 0.3 is 6.09 Å². The lowest BCUT2D eigenvalue weighted by Gasteiger charge is -2.10. The Kier molecular flexibility index (Phi) is 4.74. The molecule has 1 heterocycles. The van der Waals surface area contributed by atoms with Crippen molar-refractivity contribution >= 4 is 21.9 Å². The van der Waals surface area contributed by atoms with E-state index in [1.807, 2.05) is 18.2 Å². The molecule has 2 aromatic rings. The number of primary sulfonamides is 1. The summed E-state index contributed by atoms with van der Waals surface area (Å²) in [6.07, 6.45) is -0.813. The molecular formula is C14H15N3O4S. The monoisotopic (exact) mass is 321 g/mol. The molecule has 0 aliphatic heterocycles. The maximum Gasteiger partial charge on any atom is 0.413 e. The molecule has 0 unspecified atom stereocenters. The third-order valence-corrected chi connectivity index (χ3v) is 3.68. The number of ether oxygens (including phenoxy) is 1. The number of aryl methyl sites for hydroxylation is 1. The summed E-state index contributed by atoms with van der Waals surface area (Å²) >= 11 is 0. The first-order valence-electron chi connectivity index (χ1n) is 6.34. The molecule has 0 atom stereocenters. The van der Waals surface area contributed by atoms with E-state index in [1.54, 1.807) is 19.1 Å². The summed E-state index contributed by atoms with van der Waals surface area (Å²) in [6.45, 7) is 1.72. The van der Waals surface area contributed by atoms with Crippen molar-refractivity contribution in [3.8, 4) is 0 Å². The van der Waals surface area contributed by atoms with Crippen LogP contribution >= 0.6 is 0 Å². The number of pyridine rings is 1. The molecule has 116 valence electrons. The fraction of sp³-hybridized carbons (Fsp3) is 0.143. The van der Waals surface area contributed by atoms with Gasteiger partial charge in [0, 0.05) is 5.69 Å². The van der Waals surface area contributed by atoms with Crippen molar-refractivity contribution in [3.63, 3.8) is 0 Å². The normalized spacial score (nSPS) is 11.0. The van der Waals surface area contributed by atoms with Crippen molar-refractivity contribution in [1.29, 1.82) is 0 Å². The van der Waals surface area contributed by atoms with Gasteiger partial charge in [-0.05, 0) is 24.6 Å². The molecule has 22 heavy (non-hydrogen) atoms. The SMILES string of the molecule is Cc1ccc(S(N)(=O)=O)c(NC(=O)OCc2ccccc2)n1. The fourth-order valence-electron chi connectivity index (χ4n) is 1.72. The first kappa shape index (κ1) is 15.9. The zero-order valence-corrected chi connectivity index (χ0v) is 12.6. The molecule has 0 saturated heterocycles. The maximum atomic E-state index is 11.8. The number of nitrogens with zero attached hydrogens (tertiary/aromatic N) is 1. The first-order valence-corrected chi connectivity index (χ1v) is 7.89. The molecule has 3 N–H and O–H groups in total. The molecule has 1 aromatic heterocycles. The van der Waals surface area contributed by atoms with Crippen molar-refractivity contribution in [1.82, 2.24) is 4.98 Å². The van der Waals surface area contributed by atoms with E-state index < -0.39 is 16.1 Å². The highest BCUT2D eigenvalue weighted by molar-refractivity contribution is 7.89. The quantitative estimate of drug-likeness (QED) is 0.891. The zero-order valence-electron chi connectivity index (χ0n) is 11.8. The van der Waals surface area contributed by atoms with E-state index in [4.69, 9.17) is 9.88 Å². The van der Waals surface area contributed by atoms with Crippen molar-refractivity contribution in [3.05, 3.63) is 53.7 Å². The average molecular weight is 321 g/mol. The number of carbonyl (C=O) groups is 1. The lowest BCUT2D eigenvalue weighted by molar-refractivity contribution is 0.155. The number of amides is 1. The summed E-state index contributed by atoms with van der Waals surface area (Å²) in [5.41, 5.74) is 1.34. The lowest BCUT2D eigenvalue weighted by atomic mass is 10.2. The Labute approximate surface area is 128 Å². The lowest BCUT2D eigenvalue weighted by Crippen LogP contribution is -2.20. The summed E-state index contributed by atoms with van der Waals surface area (Å²) in [7, 11) is -4.00. The number of benzene rings is 1. The summed E-state index contributed by atoms with van der Waals surface area (Å²) in [5.74, 6) is -0.152. The number of carbonyl (C=O) groups excluding carboxylic acids is 1. The minimum absolute atomic E-state index is 0.0587. The highest BCUT2D eigenvalue weighted by Gasteiger charge is 2.18. The van der Waals surface area contributed by atoms with E-state index in [0.29, 0.717) is 5.69 Å². The number of anilines is 1. The minimum atomic E-state index is -4.00. The Morgan fingerprint density at radius 2 is 1.91 bits per heavy atom. The van der Waals surface area contributed by atoms with Crippen LogP contribution in [-0.4, -0.2) is 19.5 Å². The van der Waals surface area contributed by atoms with Crippen molar-refractivity contribution in [2.45, 2.75) is 18.4 Å². The van der Waals surface area contributed by atoms with Gasteiger partial charge in [-0.15, -0.1) is 0 Å². The van der Waals surface area contributed by atoms with E-state index in [0.717, 1.165) is 5.56 Å². The number of nitrogens with one attached hydrogen (secondary N) is 1. The van der Waals surface area contributed by atoms with Crippen LogP contribution in [0, 0.1) is 6.92 Å². The first-order chi connectivity index (χ1) is 10.4. The molecule has 0 bridgehead atoms. The van der Waals surface area contributed by atoms with E-state index in [2.05, 4.69) is 10.3 Å². The van der Waals surface area contributed by atoms with Gasteiger partial charge in [0.1, 0.15) is 11.5 Å². The standard InChI is InChI=1S/C14H15N3O4S/c1-10-7-8-12(22(15,19)20)13(16-10)17-14(18)21-9-11-5-3-2-4-6-11/h2-8H,9H2,1H3,(H2,15,19,20)(H,16,17,18). The molecule has 0 saturated carbocycles. The number of nitrogens with two attached hydrogens (primary N) is 1. The molecular weight excluding hydrogens is 306 g/mol. The Balaban J connectivity index is 2.10. The highest BCUT2D eigenvalue weighted by Crippen LogP contribution is 2.18. The largest absolute Gasteiger partial charge is 0.444 e. The van der Waals surface area contributed by atoms with Gasteiger partial charge in [0.15, 0.2) is 5.82 Å². The zero-order chi connectivity index (χ0) is 16.2. The number of rotatable bonds is 4. The van der Waals surface area contributed by atoms with E-state index in [-0.39, 0.29) is 17.3 Å². The number of hydrogen-bond acceptors (Lipinski definition) is 5. The number of aromatic nitrogens is 1. The van der Waals surface area contributed by atoms with Crippen LogP contribution in [-0.2, 0) is 21.4 Å². The van der Waals surface area contributed by atoms with E-state index in [9.17, 15) is 13.2 Å². The molecule has 2 rings (SSSR count). The molecule has 7 nitrogen and oxygen atoms in total. The predicted octanol–water partition coefficient (Wildman–Crippen LogP) is 1.79. The Morgan fingerprint density at radius 3 is 2.55 bits per heavy atom. The second-order valence-corrected chi connectivity index (χ2v) is 6.06. The molecule has 0 aliphatic rings. The summed E-state index contributed by atoms with van der Waals surface area (Å²) in [5, 5.41) is 7.39. The van der Waals surface area contributed by atoms with Crippen LogP contribution in [0.3, 0.4) is 0 Å². The van der Waals surface area contributed by atoms with Gasteiger partial charge in [-0.3, -0.25) is 5.32 Å². The Morgan fingerprint density at radius 1 is 1.23 bits per heavy atom. The molecule has 1 aromatic carbocycles. The van der Waals surface area contributed by atoms with Gasteiger partial charge in [0.05, 0.1) is 0 Å². The minimum Gasteiger partial charge on any atom is -0.444 e. The third kappa shape index (κ3) is 4.27.